The van der Waals surface area contributed by atoms with E-state index in [1.54, 1.807) is 13.3 Å². The van der Waals surface area contributed by atoms with Gasteiger partial charge in [0.05, 0.1) is 12.8 Å². The Labute approximate surface area is 199 Å². The van der Waals surface area contributed by atoms with Crippen molar-refractivity contribution in [1.29, 1.82) is 0 Å². The number of rotatable bonds is 6. The molecule has 31 heavy (non-hydrogen) atoms. The number of halogens is 1. The van der Waals surface area contributed by atoms with E-state index in [1.807, 2.05) is 12.1 Å². The van der Waals surface area contributed by atoms with Crippen molar-refractivity contribution in [3.8, 4) is 11.6 Å². The van der Waals surface area contributed by atoms with Gasteiger partial charge in [-0.25, -0.2) is 4.98 Å². The number of hydrogen-bond acceptors (Lipinski definition) is 5. The number of aliphatic imine (C=N–C) groups is 1. The van der Waals surface area contributed by atoms with Crippen LogP contribution in [0.5, 0.6) is 0 Å². The van der Waals surface area contributed by atoms with Gasteiger partial charge in [-0.1, -0.05) is 24.3 Å². The summed E-state index contributed by atoms with van der Waals surface area (Å²) in [6.07, 6.45) is 3.80. The molecule has 0 spiro atoms. The van der Waals surface area contributed by atoms with Crippen molar-refractivity contribution in [2.75, 3.05) is 20.1 Å². The van der Waals surface area contributed by atoms with Gasteiger partial charge in [-0.3, -0.25) is 15.0 Å². The lowest BCUT2D eigenvalue weighted by molar-refractivity contribution is 0.198. The van der Waals surface area contributed by atoms with Gasteiger partial charge in [-0.15, -0.1) is 29.1 Å². The van der Waals surface area contributed by atoms with Crippen LogP contribution in [0.3, 0.4) is 0 Å². The van der Waals surface area contributed by atoms with Crippen molar-refractivity contribution >= 4 is 29.9 Å². The van der Waals surface area contributed by atoms with Gasteiger partial charge in [0.1, 0.15) is 5.82 Å². The number of aromatic nitrogens is 3. The molecule has 0 saturated carbocycles. The van der Waals surface area contributed by atoms with Gasteiger partial charge in [0.15, 0.2) is 11.7 Å². The van der Waals surface area contributed by atoms with E-state index >= 15 is 0 Å². The predicted molar refractivity (Wildman–Crippen MR) is 132 cm³/mol. The molecule has 1 fully saturated rings. The van der Waals surface area contributed by atoms with Crippen LogP contribution in [0.15, 0.2) is 52.1 Å². The number of aromatic amines is 1. The second-order valence-electron chi connectivity index (χ2n) is 7.63. The largest absolute Gasteiger partial charge is 0.461 e. The zero-order chi connectivity index (χ0) is 20.8. The molecule has 0 aliphatic carbocycles. The number of nitrogens with one attached hydrogen (secondary N) is 3. The first-order chi connectivity index (χ1) is 14.7. The number of nitrogens with zero attached hydrogens (tertiary/aromatic N) is 4. The molecule has 1 saturated heterocycles. The molecule has 1 aliphatic heterocycles. The zero-order valence-electron chi connectivity index (χ0n) is 18.0. The smallest absolute Gasteiger partial charge is 0.216 e. The van der Waals surface area contributed by atoms with E-state index in [4.69, 9.17) is 4.42 Å². The van der Waals surface area contributed by atoms with Crippen molar-refractivity contribution in [2.45, 2.75) is 38.9 Å². The average molecular weight is 535 g/mol. The van der Waals surface area contributed by atoms with Crippen LogP contribution in [0.25, 0.3) is 11.6 Å². The normalized spacial score (nSPS) is 15.5. The van der Waals surface area contributed by atoms with Gasteiger partial charge in [-0.05, 0) is 43.0 Å². The molecule has 0 bridgehead atoms. The molecule has 3 aromatic rings. The van der Waals surface area contributed by atoms with Crippen LogP contribution in [0, 0.1) is 6.92 Å². The molecule has 0 radical (unpaired) electrons. The maximum atomic E-state index is 5.33. The van der Waals surface area contributed by atoms with Crippen molar-refractivity contribution < 1.29 is 4.42 Å². The Bertz CT molecular complexity index is 962. The second kappa shape index (κ2) is 11.3. The molecule has 0 unspecified atom stereocenters. The van der Waals surface area contributed by atoms with Gasteiger partial charge in [0.2, 0.25) is 5.82 Å². The number of benzene rings is 1. The summed E-state index contributed by atoms with van der Waals surface area (Å²) in [5.74, 6) is 2.72. The van der Waals surface area contributed by atoms with E-state index < -0.39 is 0 Å². The fourth-order valence-corrected chi connectivity index (χ4v) is 3.71. The van der Waals surface area contributed by atoms with Crippen LogP contribution in [0.1, 0.15) is 29.8 Å². The van der Waals surface area contributed by atoms with E-state index in [9.17, 15) is 0 Å². The van der Waals surface area contributed by atoms with Gasteiger partial charge in [-0.2, -0.15) is 0 Å². The number of likely N-dealkylation sites (tertiary alicyclic amines) is 1. The Morgan fingerprint density at radius 1 is 1.23 bits per heavy atom. The van der Waals surface area contributed by atoms with Crippen LogP contribution in [-0.2, 0) is 13.1 Å². The number of furan rings is 1. The average Bonchev–Trinajstić information content (AvgIpc) is 3.46. The first-order valence-electron chi connectivity index (χ1n) is 10.4. The lowest BCUT2D eigenvalue weighted by Gasteiger charge is -2.33. The van der Waals surface area contributed by atoms with Gasteiger partial charge in [0, 0.05) is 32.7 Å². The second-order valence-corrected chi connectivity index (χ2v) is 7.63. The van der Waals surface area contributed by atoms with Crippen molar-refractivity contribution in [2.24, 2.45) is 4.99 Å². The SMILES string of the molecule is CN=C(NCc1nc(-c2ccco2)n[nH]1)NC1CCN(Cc2ccccc2C)CC1.I. The molecule has 9 heteroatoms. The number of guanidine groups is 1. The molecular weight excluding hydrogens is 505 g/mol. The van der Waals surface area contributed by atoms with Crippen molar-refractivity contribution in [1.82, 2.24) is 30.7 Å². The maximum Gasteiger partial charge on any atom is 0.216 e. The Morgan fingerprint density at radius 3 is 2.74 bits per heavy atom. The highest BCUT2D eigenvalue weighted by atomic mass is 127. The molecule has 166 valence electrons. The summed E-state index contributed by atoms with van der Waals surface area (Å²) < 4.78 is 5.33. The van der Waals surface area contributed by atoms with Gasteiger partial charge < -0.3 is 15.1 Å². The molecule has 2 aromatic heterocycles. The van der Waals surface area contributed by atoms with Crippen LogP contribution in [-0.4, -0.2) is 52.2 Å². The highest BCUT2D eigenvalue weighted by molar-refractivity contribution is 14.0. The first kappa shape index (κ1) is 23.3. The monoisotopic (exact) mass is 535 g/mol. The van der Waals surface area contributed by atoms with Crippen LogP contribution in [0.2, 0.25) is 0 Å². The van der Waals surface area contributed by atoms with Crippen molar-refractivity contribution in [3.63, 3.8) is 0 Å². The van der Waals surface area contributed by atoms with Crippen molar-refractivity contribution in [3.05, 3.63) is 59.6 Å². The van der Waals surface area contributed by atoms with Crippen LogP contribution < -0.4 is 10.6 Å². The molecular formula is C22H30IN7O. The highest BCUT2D eigenvalue weighted by Crippen LogP contribution is 2.16. The minimum atomic E-state index is 0. The molecule has 0 atom stereocenters. The summed E-state index contributed by atoms with van der Waals surface area (Å²) in [4.78, 5) is 11.3. The van der Waals surface area contributed by atoms with E-state index in [0.717, 1.165) is 44.3 Å². The Hall–Kier alpha value is -2.40. The summed E-state index contributed by atoms with van der Waals surface area (Å²) in [6.45, 7) is 5.88. The fourth-order valence-electron chi connectivity index (χ4n) is 3.71. The number of hydrogen-bond donors (Lipinski definition) is 3. The summed E-state index contributed by atoms with van der Waals surface area (Å²) >= 11 is 0. The summed E-state index contributed by atoms with van der Waals surface area (Å²) in [5, 5.41) is 14.0. The summed E-state index contributed by atoms with van der Waals surface area (Å²) in [6, 6.07) is 12.7. The molecule has 8 nitrogen and oxygen atoms in total. The van der Waals surface area contributed by atoms with E-state index in [1.165, 1.54) is 11.1 Å². The zero-order valence-corrected chi connectivity index (χ0v) is 20.3. The molecule has 0 amide bonds. The number of H-pyrrole nitrogens is 1. The summed E-state index contributed by atoms with van der Waals surface area (Å²) in [5.41, 5.74) is 2.78. The lowest BCUT2D eigenvalue weighted by Crippen LogP contribution is -2.48. The van der Waals surface area contributed by atoms with E-state index in [0.29, 0.717) is 24.2 Å². The maximum absolute atomic E-state index is 5.33. The highest BCUT2D eigenvalue weighted by Gasteiger charge is 2.20. The Morgan fingerprint density at radius 2 is 2.03 bits per heavy atom. The third kappa shape index (κ3) is 6.30. The fraction of sp³-hybridized carbons (Fsp3) is 0.409. The van der Waals surface area contributed by atoms with Gasteiger partial charge in [0.25, 0.3) is 0 Å². The molecule has 4 rings (SSSR count). The Balaban J connectivity index is 0.00000272. The van der Waals surface area contributed by atoms with E-state index in [2.05, 4.69) is 66.9 Å². The quantitative estimate of drug-likeness (QED) is 0.255. The number of aryl methyl sites for hydroxylation is 1. The molecule has 1 aromatic carbocycles. The Kier molecular flexibility index (Phi) is 8.47. The van der Waals surface area contributed by atoms with Gasteiger partial charge >= 0.3 is 0 Å². The standard InChI is InChI=1S/C22H29N7O.HI/c1-16-6-3-4-7-17(16)15-29-11-9-18(10-12-29)25-22(23-2)24-14-20-26-21(28-27-20)19-8-5-13-30-19;/h3-8,13,18H,9-12,14-15H2,1-2H3,(H2,23,24,25)(H,26,27,28);1H. The topological polar surface area (TPSA) is 94.4 Å². The molecule has 3 heterocycles. The minimum absolute atomic E-state index is 0. The lowest BCUT2D eigenvalue weighted by atomic mass is 10.0. The third-order valence-corrected chi connectivity index (χ3v) is 5.50. The predicted octanol–water partition coefficient (Wildman–Crippen LogP) is 3.32. The minimum Gasteiger partial charge on any atom is -0.461 e. The molecule has 1 aliphatic rings. The van der Waals surface area contributed by atoms with E-state index in [-0.39, 0.29) is 24.0 Å². The third-order valence-electron chi connectivity index (χ3n) is 5.50. The summed E-state index contributed by atoms with van der Waals surface area (Å²) in [7, 11) is 1.79. The van der Waals surface area contributed by atoms with Crippen LogP contribution >= 0.6 is 24.0 Å². The molecule has 3 N–H and O–H groups in total. The number of piperidine rings is 1. The first-order valence-corrected chi connectivity index (χ1v) is 10.4. The van der Waals surface area contributed by atoms with Crippen LogP contribution in [0.4, 0.5) is 0 Å².